The lowest BCUT2D eigenvalue weighted by Gasteiger charge is -2.35. The van der Waals surface area contributed by atoms with E-state index in [0.717, 1.165) is 5.56 Å². The van der Waals surface area contributed by atoms with E-state index < -0.39 is 10.0 Å². The number of hydrogen-bond donors (Lipinski definition) is 0. The summed E-state index contributed by atoms with van der Waals surface area (Å²) in [6, 6.07) is 11.6. The maximum absolute atomic E-state index is 13.6. The van der Waals surface area contributed by atoms with E-state index in [9.17, 15) is 18.0 Å². The van der Waals surface area contributed by atoms with Crippen LogP contribution in [0.15, 0.2) is 42.5 Å². The number of likely N-dealkylation sites (tertiary alicyclic amines) is 1. The minimum Gasteiger partial charge on any atom is -0.322 e. The molecule has 9 nitrogen and oxygen atoms in total. The van der Waals surface area contributed by atoms with Crippen molar-refractivity contribution < 1.29 is 18.0 Å². The molecule has 2 fully saturated rings. The van der Waals surface area contributed by atoms with Crippen LogP contribution < -0.4 is 4.90 Å². The molecule has 0 bridgehead atoms. The Bertz CT molecular complexity index is 1280. The summed E-state index contributed by atoms with van der Waals surface area (Å²) in [5.41, 5.74) is 1.52. The van der Waals surface area contributed by atoms with Gasteiger partial charge >= 0.3 is 12.1 Å². The van der Waals surface area contributed by atoms with Crippen molar-refractivity contribution in [3.05, 3.63) is 63.1 Å². The lowest BCUT2D eigenvalue weighted by atomic mass is 9.93. The van der Waals surface area contributed by atoms with Crippen molar-refractivity contribution in [3.63, 3.8) is 0 Å². The second-order valence-electron chi connectivity index (χ2n) is 9.64. The number of anilines is 1. The first-order valence-corrected chi connectivity index (χ1v) is 15.0. The SMILES string of the molecule is CN(C(=O)N(C)[C@H]1CN(C(=O)N2CCN(S(C)(=O)=O)CC2)C[C@@H]1c1ccc(Cl)cc1)c1cc(Cl)cc(Cl)c1. The van der Waals surface area contributed by atoms with Gasteiger partial charge in [-0.1, -0.05) is 46.9 Å². The predicted octanol–water partition coefficient (Wildman–Crippen LogP) is 4.30. The molecule has 13 heteroatoms. The molecule has 0 N–H and O–H groups in total. The minimum atomic E-state index is -3.30. The van der Waals surface area contributed by atoms with E-state index in [1.807, 2.05) is 12.1 Å². The molecule has 2 saturated heterocycles. The quantitative estimate of drug-likeness (QED) is 0.523. The summed E-state index contributed by atoms with van der Waals surface area (Å²) in [4.78, 5) is 33.6. The van der Waals surface area contributed by atoms with Gasteiger partial charge in [0.25, 0.3) is 0 Å². The molecule has 2 aliphatic heterocycles. The van der Waals surface area contributed by atoms with E-state index in [1.165, 1.54) is 15.5 Å². The predicted molar refractivity (Wildman–Crippen MR) is 151 cm³/mol. The fourth-order valence-electron chi connectivity index (χ4n) is 5.01. The van der Waals surface area contributed by atoms with Gasteiger partial charge < -0.3 is 14.7 Å². The van der Waals surface area contributed by atoms with E-state index in [0.29, 0.717) is 46.9 Å². The molecular weight excluding hydrogens is 573 g/mol. The number of urea groups is 2. The molecule has 38 heavy (non-hydrogen) atoms. The van der Waals surface area contributed by atoms with Crippen LogP contribution in [-0.2, 0) is 10.0 Å². The standard InChI is InChI=1S/C25H30Cl3N5O4S/c1-29(21-13-19(27)12-20(28)14-21)24(34)30(2)23-16-32(15-22(23)17-4-6-18(26)7-5-17)25(35)31-8-10-33(11-9-31)38(3,36)37/h4-7,12-14,22-23H,8-11,15-16H2,1-3H3/t22-,23+/m1/s1. The molecule has 0 spiro atoms. The van der Waals surface area contributed by atoms with Crippen LogP contribution in [-0.4, -0.2) is 105 Å². The van der Waals surface area contributed by atoms with Crippen molar-refractivity contribution >= 4 is 62.6 Å². The van der Waals surface area contributed by atoms with E-state index >= 15 is 0 Å². The number of carbonyl (C=O) groups excluding carboxylic acids is 2. The second-order valence-corrected chi connectivity index (χ2v) is 12.9. The average Bonchev–Trinajstić information content (AvgIpc) is 3.32. The first-order valence-electron chi connectivity index (χ1n) is 12.1. The summed E-state index contributed by atoms with van der Waals surface area (Å²) >= 11 is 18.4. The number of amides is 4. The van der Waals surface area contributed by atoms with Crippen LogP contribution in [0.2, 0.25) is 15.1 Å². The van der Waals surface area contributed by atoms with Gasteiger partial charge in [-0.2, -0.15) is 4.31 Å². The van der Waals surface area contributed by atoms with Crippen LogP contribution in [0.1, 0.15) is 11.5 Å². The van der Waals surface area contributed by atoms with Crippen LogP contribution in [0.4, 0.5) is 15.3 Å². The Morgan fingerprint density at radius 3 is 1.97 bits per heavy atom. The average molecular weight is 603 g/mol. The lowest BCUT2D eigenvalue weighted by molar-refractivity contribution is 0.139. The van der Waals surface area contributed by atoms with Gasteiger partial charge in [0.2, 0.25) is 10.0 Å². The molecule has 2 aromatic rings. The molecule has 4 rings (SSSR count). The molecule has 2 heterocycles. The zero-order valence-electron chi connectivity index (χ0n) is 21.3. The lowest BCUT2D eigenvalue weighted by Crippen LogP contribution is -2.54. The third kappa shape index (κ3) is 6.31. The van der Waals surface area contributed by atoms with Crippen molar-refractivity contribution in [2.75, 3.05) is 64.5 Å². The van der Waals surface area contributed by atoms with Crippen LogP contribution in [0.3, 0.4) is 0 Å². The molecule has 2 aromatic carbocycles. The summed E-state index contributed by atoms with van der Waals surface area (Å²) in [5.74, 6) is -0.154. The maximum Gasteiger partial charge on any atom is 0.324 e. The van der Waals surface area contributed by atoms with E-state index in [2.05, 4.69) is 0 Å². The number of halogens is 3. The molecular formula is C25H30Cl3N5O4S. The molecule has 2 atom stereocenters. The number of carbonyl (C=O) groups is 2. The van der Waals surface area contributed by atoms with E-state index in [1.54, 1.807) is 59.1 Å². The number of hydrogen-bond acceptors (Lipinski definition) is 4. The van der Waals surface area contributed by atoms with E-state index in [4.69, 9.17) is 34.8 Å². The Labute approximate surface area is 238 Å². The van der Waals surface area contributed by atoms with Crippen molar-refractivity contribution in [2.45, 2.75) is 12.0 Å². The van der Waals surface area contributed by atoms with Gasteiger partial charge in [0.15, 0.2) is 0 Å². The van der Waals surface area contributed by atoms with Crippen molar-refractivity contribution in [1.29, 1.82) is 0 Å². The minimum absolute atomic E-state index is 0.154. The number of likely N-dealkylation sites (N-methyl/N-ethyl adjacent to an activating group) is 1. The van der Waals surface area contributed by atoms with Crippen molar-refractivity contribution in [1.82, 2.24) is 19.0 Å². The fraction of sp³-hybridized carbons (Fsp3) is 0.440. The maximum atomic E-state index is 13.6. The summed E-state index contributed by atoms with van der Waals surface area (Å²) in [5, 5.41) is 1.44. The molecule has 0 aromatic heterocycles. The molecule has 0 saturated carbocycles. The Kier molecular flexibility index (Phi) is 8.68. The summed E-state index contributed by atoms with van der Waals surface area (Å²) in [6.45, 7) is 1.87. The van der Waals surface area contributed by atoms with Crippen LogP contribution in [0, 0.1) is 0 Å². The van der Waals surface area contributed by atoms with Gasteiger partial charge in [0.1, 0.15) is 0 Å². The Morgan fingerprint density at radius 2 is 1.42 bits per heavy atom. The van der Waals surface area contributed by atoms with Crippen molar-refractivity contribution in [2.24, 2.45) is 0 Å². The second kappa shape index (κ2) is 11.5. The van der Waals surface area contributed by atoms with Gasteiger partial charge in [0, 0.05) is 80.0 Å². The molecule has 206 valence electrons. The number of piperazine rings is 1. The zero-order chi connectivity index (χ0) is 27.8. The highest BCUT2D eigenvalue weighted by Gasteiger charge is 2.42. The largest absolute Gasteiger partial charge is 0.324 e. The first kappa shape index (κ1) is 28.8. The Balaban J connectivity index is 1.55. The topological polar surface area (TPSA) is 84.5 Å². The first-order chi connectivity index (χ1) is 17.8. The Hall–Kier alpha value is -2.24. The van der Waals surface area contributed by atoms with Crippen LogP contribution >= 0.6 is 34.8 Å². The molecule has 0 radical (unpaired) electrons. The zero-order valence-corrected chi connectivity index (χ0v) is 24.4. The number of benzene rings is 2. The fourth-order valence-corrected chi connectivity index (χ4v) is 6.47. The molecule has 0 aliphatic carbocycles. The third-order valence-electron chi connectivity index (χ3n) is 7.16. The Morgan fingerprint density at radius 1 is 0.842 bits per heavy atom. The number of sulfonamides is 1. The summed E-state index contributed by atoms with van der Waals surface area (Å²) in [7, 11) is 0.0669. The smallest absolute Gasteiger partial charge is 0.322 e. The monoisotopic (exact) mass is 601 g/mol. The third-order valence-corrected chi connectivity index (χ3v) is 9.15. The highest BCUT2D eigenvalue weighted by atomic mass is 35.5. The van der Waals surface area contributed by atoms with Crippen LogP contribution in [0.5, 0.6) is 0 Å². The normalized spacial score (nSPS) is 20.5. The summed E-state index contributed by atoms with van der Waals surface area (Å²) in [6.07, 6.45) is 1.17. The highest BCUT2D eigenvalue weighted by molar-refractivity contribution is 7.88. The molecule has 2 aliphatic rings. The van der Waals surface area contributed by atoms with Gasteiger partial charge in [-0.05, 0) is 35.9 Å². The number of nitrogens with zero attached hydrogens (tertiary/aromatic N) is 5. The molecule has 4 amide bonds. The van der Waals surface area contributed by atoms with Crippen molar-refractivity contribution in [3.8, 4) is 0 Å². The van der Waals surface area contributed by atoms with E-state index in [-0.39, 0.29) is 37.1 Å². The van der Waals surface area contributed by atoms with Gasteiger partial charge in [-0.3, -0.25) is 4.90 Å². The van der Waals surface area contributed by atoms with Gasteiger partial charge in [-0.15, -0.1) is 0 Å². The highest BCUT2D eigenvalue weighted by Crippen LogP contribution is 2.34. The molecule has 0 unspecified atom stereocenters. The van der Waals surface area contributed by atoms with Gasteiger partial charge in [0.05, 0.1) is 12.3 Å². The summed E-state index contributed by atoms with van der Waals surface area (Å²) < 4.78 is 25.1. The van der Waals surface area contributed by atoms with Crippen LogP contribution in [0.25, 0.3) is 0 Å². The van der Waals surface area contributed by atoms with Gasteiger partial charge in [-0.25, -0.2) is 18.0 Å². The number of rotatable bonds is 4.